The standard InChI is InChI=1S/C15H17N3O/c1-11(14-8-4-5-9-17-14)18-10-12-6-2-3-7-13(12)15(16)19/h2-9,11,18H,10H2,1H3,(H2,16,19). The Morgan fingerprint density at radius 1 is 1.26 bits per heavy atom. The first-order chi connectivity index (χ1) is 9.18. The van der Waals surface area contributed by atoms with E-state index in [9.17, 15) is 4.79 Å². The van der Waals surface area contributed by atoms with Crippen molar-refractivity contribution in [3.05, 3.63) is 65.5 Å². The van der Waals surface area contributed by atoms with Gasteiger partial charge in [-0.25, -0.2) is 0 Å². The van der Waals surface area contributed by atoms with Gasteiger partial charge in [0.25, 0.3) is 0 Å². The van der Waals surface area contributed by atoms with Crippen LogP contribution in [-0.2, 0) is 6.54 Å². The fourth-order valence-electron chi connectivity index (χ4n) is 1.91. The van der Waals surface area contributed by atoms with Gasteiger partial charge in [0.2, 0.25) is 5.91 Å². The summed E-state index contributed by atoms with van der Waals surface area (Å²) in [6.45, 7) is 2.62. The number of benzene rings is 1. The first-order valence-corrected chi connectivity index (χ1v) is 6.20. The van der Waals surface area contributed by atoms with Gasteiger partial charge in [0.05, 0.1) is 5.69 Å². The third-order valence-electron chi connectivity index (χ3n) is 3.01. The van der Waals surface area contributed by atoms with Crippen LogP contribution in [0.1, 0.15) is 34.6 Å². The number of hydrogen-bond donors (Lipinski definition) is 2. The number of amides is 1. The summed E-state index contributed by atoms with van der Waals surface area (Å²) in [5.74, 6) is -0.400. The quantitative estimate of drug-likeness (QED) is 0.859. The molecule has 0 aliphatic heterocycles. The van der Waals surface area contributed by atoms with E-state index in [1.807, 2.05) is 43.3 Å². The number of hydrogen-bond acceptors (Lipinski definition) is 3. The molecule has 19 heavy (non-hydrogen) atoms. The normalized spacial score (nSPS) is 12.1. The van der Waals surface area contributed by atoms with Crippen molar-refractivity contribution in [3.63, 3.8) is 0 Å². The molecule has 4 nitrogen and oxygen atoms in total. The van der Waals surface area contributed by atoms with Crippen LogP contribution in [0.25, 0.3) is 0 Å². The van der Waals surface area contributed by atoms with Crippen molar-refractivity contribution >= 4 is 5.91 Å². The lowest BCUT2D eigenvalue weighted by Gasteiger charge is -2.14. The summed E-state index contributed by atoms with van der Waals surface area (Å²) < 4.78 is 0. The van der Waals surface area contributed by atoms with Crippen molar-refractivity contribution in [3.8, 4) is 0 Å². The van der Waals surface area contributed by atoms with Gasteiger partial charge in [0, 0.05) is 24.3 Å². The lowest BCUT2D eigenvalue weighted by atomic mass is 10.1. The summed E-state index contributed by atoms with van der Waals surface area (Å²) in [7, 11) is 0. The van der Waals surface area contributed by atoms with Crippen molar-refractivity contribution in [1.29, 1.82) is 0 Å². The van der Waals surface area contributed by atoms with Crippen LogP contribution in [0.5, 0.6) is 0 Å². The highest BCUT2D eigenvalue weighted by Crippen LogP contribution is 2.12. The van der Waals surface area contributed by atoms with Crippen LogP contribution in [0.15, 0.2) is 48.7 Å². The smallest absolute Gasteiger partial charge is 0.249 e. The van der Waals surface area contributed by atoms with E-state index >= 15 is 0 Å². The Morgan fingerprint density at radius 2 is 2.00 bits per heavy atom. The van der Waals surface area contributed by atoms with E-state index in [4.69, 9.17) is 5.73 Å². The molecule has 1 atom stereocenters. The average molecular weight is 255 g/mol. The van der Waals surface area contributed by atoms with Gasteiger partial charge in [-0.05, 0) is 30.7 Å². The average Bonchev–Trinajstić information content (AvgIpc) is 2.46. The Bertz CT molecular complexity index is 554. The Hall–Kier alpha value is -2.20. The Morgan fingerprint density at radius 3 is 2.68 bits per heavy atom. The van der Waals surface area contributed by atoms with E-state index in [0.717, 1.165) is 11.3 Å². The van der Waals surface area contributed by atoms with E-state index < -0.39 is 5.91 Å². The topological polar surface area (TPSA) is 68.0 Å². The molecule has 0 fully saturated rings. The molecule has 0 saturated carbocycles. The molecular weight excluding hydrogens is 238 g/mol. The fourth-order valence-corrected chi connectivity index (χ4v) is 1.91. The number of carbonyl (C=O) groups is 1. The molecule has 0 aliphatic rings. The maximum Gasteiger partial charge on any atom is 0.249 e. The molecule has 0 spiro atoms. The van der Waals surface area contributed by atoms with E-state index in [1.165, 1.54) is 0 Å². The van der Waals surface area contributed by atoms with Gasteiger partial charge < -0.3 is 11.1 Å². The van der Waals surface area contributed by atoms with Gasteiger partial charge in [-0.15, -0.1) is 0 Å². The Labute approximate surface area is 112 Å². The highest BCUT2D eigenvalue weighted by atomic mass is 16.1. The second-order valence-corrected chi connectivity index (χ2v) is 4.38. The number of nitrogens with two attached hydrogens (primary N) is 1. The molecule has 3 N–H and O–H groups in total. The number of pyridine rings is 1. The number of nitrogens with one attached hydrogen (secondary N) is 1. The van der Waals surface area contributed by atoms with Crippen molar-refractivity contribution in [2.75, 3.05) is 0 Å². The Balaban J connectivity index is 2.05. The van der Waals surface area contributed by atoms with Gasteiger partial charge in [-0.3, -0.25) is 9.78 Å². The molecule has 4 heteroatoms. The summed E-state index contributed by atoms with van der Waals surface area (Å²) in [6, 6.07) is 13.3. The minimum absolute atomic E-state index is 0.113. The summed E-state index contributed by atoms with van der Waals surface area (Å²) in [4.78, 5) is 15.6. The highest BCUT2D eigenvalue weighted by molar-refractivity contribution is 5.94. The minimum Gasteiger partial charge on any atom is -0.366 e. The van der Waals surface area contributed by atoms with E-state index in [2.05, 4.69) is 10.3 Å². The molecule has 0 aliphatic carbocycles. The monoisotopic (exact) mass is 255 g/mol. The van der Waals surface area contributed by atoms with E-state index in [-0.39, 0.29) is 6.04 Å². The second-order valence-electron chi connectivity index (χ2n) is 4.38. The molecule has 1 aromatic carbocycles. The SMILES string of the molecule is CC(NCc1ccccc1C(N)=O)c1ccccn1. The molecule has 2 aromatic rings. The van der Waals surface area contributed by atoms with Gasteiger partial charge >= 0.3 is 0 Å². The third kappa shape index (κ3) is 3.39. The maximum atomic E-state index is 11.3. The second kappa shape index (κ2) is 6.11. The fraction of sp³-hybridized carbons (Fsp3) is 0.200. The van der Waals surface area contributed by atoms with Crippen molar-refractivity contribution in [2.24, 2.45) is 5.73 Å². The molecule has 1 amide bonds. The van der Waals surface area contributed by atoms with Crippen LogP contribution in [0.3, 0.4) is 0 Å². The van der Waals surface area contributed by atoms with Crippen LogP contribution in [0, 0.1) is 0 Å². The van der Waals surface area contributed by atoms with Crippen LogP contribution in [0.2, 0.25) is 0 Å². The molecule has 0 saturated heterocycles. The first-order valence-electron chi connectivity index (χ1n) is 6.20. The lowest BCUT2D eigenvalue weighted by Crippen LogP contribution is -2.22. The summed E-state index contributed by atoms with van der Waals surface area (Å²) in [5, 5.41) is 3.34. The zero-order chi connectivity index (χ0) is 13.7. The van der Waals surface area contributed by atoms with Gasteiger partial charge in [0.15, 0.2) is 0 Å². The Kier molecular flexibility index (Phi) is 4.26. The molecular formula is C15H17N3O. The van der Waals surface area contributed by atoms with E-state index in [0.29, 0.717) is 12.1 Å². The number of nitrogens with zero attached hydrogens (tertiary/aromatic N) is 1. The highest BCUT2D eigenvalue weighted by Gasteiger charge is 2.09. The molecule has 2 rings (SSSR count). The molecule has 1 unspecified atom stereocenters. The molecule has 98 valence electrons. The minimum atomic E-state index is -0.400. The van der Waals surface area contributed by atoms with Crippen LogP contribution < -0.4 is 11.1 Å². The number of rotatable bonds is 5. The molecule has 1 aromatic heterocycles. The van der Waals surface area contributed by atoms with Crippen molar-refractivity contribution < 1.29 is 4.79 Å². The van der Waals surface area contributed by atoms with Crippen LogP contribution in [-0.4, -0.2) is 10.9 Å². The van der Waals surface area contributed by atoms with Gasteiger partial charge in [-0.2, -0.15) is 0 Å². The summed E-state index contributed by atoms with van der Waals surface area (Å²) in [6.07, 6.45) is 1.77. The number of aromatic nitrogens is 1. The lowest BCUT2D eigenvalue weighted by molar-refractivity contribution is 0.0999. The zero-order valence-corrected chi connectivity index (χ0v) is 10.8. The van der Waals surface area contributed by atoms with Gasteiger partial charge in [-0.1, -0.05) is 24.3 Å². The third-order valence-corrected chi connectivity index (χ3v) is 3.01. The largest absolute Gasteiger partial charge is 0.366 e. The molecule has 0 radical (unpaired) electrons. The predicted molar refractivity (Wildman–Crippen MR) is 74.5 cm³/mol. The summed E-state index contributed by atoms with van der Waals surface area (Å²) in [5.41, 5.74) is 7.78. The zero-order valence-electron chi connectivity index (χ0n) is 10.8. The summed E-state index contributed by atoms with van der Waals surface area (Å²) >= 11 is 0. The molecule has 1 heterocycles. The maximum absolute atomic E-state index is 11.3. The van der Waals surface area contributed by atoms with Crippen LogP contribution >= 0.6 is 0 Å². The van der Waals surface area contributed by atoms with Gasteiger partial charge in [0.1, 0.15) is 0 Å². The van der Waals surface area contributed by atoms with E-state index in [1.54, 1.807) is 12.3 Å². The number of carbonyl (C=O) groups excluding carboxylic acids is 1. The van der Waals surface area contributed by atoms with Crippen LogP contribution in [0.4, 0.5) is 0 Å². The van der Waals surface area contributed by atoms with Crippen molar-refractivity contribution in [2.45, 2.75) is 19.5 Å². The molecule has 0 bridgehead atoms. The van der Waals surface area contributed by atoms with Crippen molar-refractivity contribution in [1.82, 2.24) is 10.3 Å². The number of primary amides is 1. The first kappa shape index (κ1) is 13.2. The predicted octanol–water partition coefficient (Wildman–Crippen LogP) is 2.03.